The fraction of sp³-hybridized carbons (Fsp3) is 0.455. The SMILES string of the molecule is COc1cc(OC)c([C@@H](CC(=O)N2CCOCC2)c2oc(C)cc(=O)c2O)cc1OC. The number of amides is 1. The lowest BCUT2D eigenvalue weighted by molar-refractivity contribution is -0.135. The summed E-state index contributed by atoms with van der Waals surface area (Å²) < 4.78 is 27.4. The van der Waals surface area contributed by atoms with Crippen molar-refractivity contribution < 1.29 is 33.3 Å². The van der Waals surface area contributed by atoms with Gasteiger partial charge in [0.1, 0.15) is 11.5 Å². The number of aromatic hydroxyl groups is 1. The van der Waals surface area contributed by atoms with E-state index in [1.807, 2.05) is 0 Å². The van der Waals surface area contributed by atoms with Gasteiger partial charge in [-0.05, 0) is 13.0 Å². The summed E-state index contributed by atoms with van der Waals surface area (Å²) in [4.78, 5) is 27.0. The molecule has 1 N–H and O–H groups in total. The van der Waals surface area contributed by atoms with Crippen LogP contribution in [0.2, 0.25) is 0 Å². The van der Waals surface area contributed by atoms with Crippen LogP contribution in [0, 0.1) is 6.92 Å². The number of benzene rings is 1. The summed E-state index contributed by atoms with van der Waals surface area (Å²) in [5.74, 6) is 0.0840. The largest absolute Gasteiger partial charge is 0.502 e. The minimum absolute atomic E-state index is 0.00266. The number of rotatable bonds is 7. The molecule has 1 atom stereocenters. The molecule has 31 heavy (non-hydrogen) atoms. The van der Waals surface area contributed by atoms with Crippen LogP contribution < -0.4 is 19.6 Å². The second kappa shape index (κ2) is 9.74. The molecule has 2 aromatic rings. The Bertz CT molecular complexity index is 994. The maximum absolute atomic E-state index is 13.1. The second-order valence-electron chi connectivity index (χ2n) is 7.13. The number of aryl methyl sites for hydroxylation is 1. The maximum Gasteiger partial charge on any atom is 0.227 e. The minimum Gasteiger partial charge on any atom is -0.502 e. The topological polar surface area (TPSA) is 108 Å². The van der Waals surface area contributed by atoms with Gasteiger partial charge in [0.05, 0.1) is 40.5 Å². The van der Waals surface area contributed by atoms with Gasteiger partial charge >= 0.3 is 0 Å². The molecule has 1 aromatic carbocycles. The molecule has 1 amide bonds. The number of hydrogen-bond acceptors (Lipinski definition) is 8. The summed E-state index contributed by atoms with van der Waals surface area (Å²) in [5.41, 5.74) is -0.0622. The Morgan fingerprint density at radius 3 is 2.29 bits per heavy atom. The third kappa shape index (κ3) is 4.77. The third-order valence-corrected chi connectivity index (χ3v) is 5.24. The van der Waals surface area contributed by atoms with Crippen LogP contribution in [0.25, 0.3) is 0 Å². The molecule has 1 aliphatic rings. The normalized spacial score (nSPS) is 14.8. The van der Waals surface area contributed by atoms with Crippen LogP contribution >= 0.6 is 0 Å². The molecular weight excluding hydrogens is 406 g/mol. The van der Waals surface area contributed by atoms with Crippen molar-refractivity contribution in [3.63, 3.8) is 0 Å². The molecule has 0 saturated carbocycles. The van der Waals surface area contributed by atoms with E-state index in [9.17, 15) is 14.7 Å². The van der Waals surface area contributed by atoms with E-state index in [1.165, 1.54) is 27.4 Å². The number of ether oxygens (including phenoxy) is 4. The molecule has 3 rings (SSSR count). The monoisotopic (exact) mass is 433 g/mol. The van der Waals surface area contributed by atoms with E-state index in [0.29, 0.717) is 54.9 Å². The standard InChI is InChI=1S/C22H27NO8/c1-13-9-16(24)21(26)22(31-13)15(11-20(25)23-5-7-30-8-6-23)14-10-18(28-3)19(29-4)12-17(14)27-2/h9-10,12,15,26H,5-8,11H2,1-4H3/t15-/m1/s1. The molecule has 1 aliphatic heterocycles. The molecule has 2 heterocycles. The van der Waals surface area contributed by atoms with Gasteiger partial charge in [0.25, 0.3) is 0 Å². The van der Waals surface area contributed by atoms with E-state index in [2.05, 4.69) is 0 Å². The Morgan fingerprint density at radius 2 is 1.68 bits per heavy atom. The molecule has 1 aromatic heterocycles. The molecule has 9 heteroatoms. The van der Waals surface area contributed by atoms with Gasteiger partial charge in [0.2, 0.25) is 17.1 Å². The fourth-order valence-corrected chi connectivity index (χ4v) is 3.65. The zero-order valence-electron chi connectivity index (χ0n) is 18.1. The molecule has 0 aliphatic carbocycles. The molecule has 0 spiro atoms. The van der Waals surface area contributed by atoms with Gasteiger partial charge in [-0.15, -0.1) is 0 Å². The van der Waals surface area contributed by atoms with Crippen molar-refractivity contribution in [2.45, 2.75) is 19.3 Å². The highest BCUT2D eigenvalue weighted by atomic mass is 16.5. The summed E-state index contributed by atoms with van der Waals surface area (Å²) >= 11 is 0. The minimum atomic E-state index is -0.794. The van der Waals surface area contributed by atoms with Crippen molar-refractivity contribution in [2.75, 3.05) is 47.6 Å². The summed E-state index contributed by atoms with van der Waals surface area (Å²) in [6.07, 6.45) is -0.0498. The highest BCUT2D eigenvalue weighted by molar-refractivity contribution is 5.78. The van der Waals surface area contributed by atoms with Crippen molar-refractivity contribution in [2.24, 2.45) is 0 Å². The van der Waals surface area contributed by atoms with Crippen LogP contribution in [0.3, 0.4) is 0 Å². The van der Waals surface area contributed by atoms with E-state index < -0.39 is 17.1 Å². The Labute approximate surface area is 180 Å². The number of nitrogens with zero attached hydrogens (tertiary/aromatic N) is 1. The highest BCUT2D eigenvalue weighted by Crippen LogP contribution is 2.43. The van der Waals surface area contributed by atoms with E-state index in [-0.39, 0.29) is 18.1 Å². The zero-order chi connectivity index (χ0) is 22.5. The lowest BCUT2D eigenvalue weighted by Gasteiger charge is -2.29. The first-order valence-electron chi connectivity index (χ1n) is 9.88. The average molecular weight is 433 g/mol. The van der Waals surface area contributed by atoms with Crippen molar-refractivity contribution in [3.8, 4) is 23.0 Å². The molecule has 0 bridgehead atoms. The predicted molar refractivity (Wildman–Crippen MR) is 111 cm³/mol. The average Bonchev–Trinajstić information content (AvgIpc) is 2.79. The van der Waals surface area contributed by atoms with Gasteiger partial charge in [0, 0.05) is 37.2 Å². The van der Waals surface area contributed by atoms with E-state index in [4.69, 9.17) is 23.4 Å². The molecular formula is C22H27NO8. The quantitative estimate of drug-likeness (QED) is 0.707. The smallest absolute Gasteiger partial charge is 0.227 e. The van der Waals surface area contributed by atoms with Crippen LogP contribution in [-0.4, -0.2) is 63.5 Å². The van der Waals surface area contributed by atoms with Gasteiger partial charge in [-0.1, -0.05) is 0 Å². The third-order valence-electron chi connectivity index (χ3n) is 5.24. The molecule has 0 radical (unpaired) electrons. The summed E-state index contributed by atoms with van der Waals surface area (Å²) in [6.45, 7) is 3.47. The number of carbonyl (C=O) groups is 1. The van der Waals surface area contributed by atoms with Crippen LogP contribution in [0.4, 0.5) is 0 Å². The number of hydrogen-bond donors (Lipinski definition) is 1. The number of carbonyl (C=O) groups excluding carboxylic acids is 1. The first-order chi connectivity index (χ1) is 14.9. The molecule has 1 fully saturated rings. The van der Waals surface area contributed by atoms with Gasteiger partial charge in [-0.25, -0.2) is 0 Å². The maximum atomic E-state index is 13.1. The fourth-order valence-electron chi connectivity index (χ4n) is 3.65. The van der Waals surface area contributed by atoms with E-state index in [0.717, 1.165) is 0 Å². The highest BCUT2D eigenvalue weighted by Gasteiger charge is 2.31. The lowest BCUT2D eigenvalue weighted by atomic mass is 9.90. The molecule has 168 valence electrons. The first kappa shape index (κ1) is 22.5. The summed E-state index contributed by atoms with van der Waals surface area (Å²) in [5, 5.41) is 10.5. The lowest BCUT2D eigenvalue weighted by Crippen LogP contribution is -2.41. The second-order valence-corrected chi connectivity index (χ2v) is 7.13. The van der Waals surface area contributed by atoms with Crippen molar-refractivity contribution in [3.05, 3.63) is 45.5 Å². The number of methoxy groups -OCH3 is 3. The molecule has 1 saturated heterocycles. The van der Waals surface area contributed by atoms with Crippen LogP contribution in [-0.2, 0) is 9.53 Å². The van der Waals surface area contributed by atoms with Crippen molar-refractivity contribution >= 4 is 5.91 Å². The van der Waals surface area contributed by atoms with Crippen molar-refractivity contribution in [1.29, 1.82) is 0 Å². The van der Waals surface area contributed by atoms with Crippen LogP contribution in [0.1, 0.15) is 29.4 Å². The summed E-state index contributed by atoms with van der Waals surface area (Å²) in [7, 11) is 4.48. The van der Waals surface area contributed by atoms with Crippen LogP contribution in [0.15, 0.2) is 27.4 Å². The van der Waals surface area contributed by atoms with Gasteiger partial charge in [-0.3, -0.25) is 9.59 Å². The van der Waals surface area contributed by atoms with E-state index >= 15 is 0 Å². The predicted octanol–water partition coefficient (Wildman–Crippen LogP) is 2.06. The zero-order valence-corrected chi connectivity index (χ0v) is 18.1. The molecule has 9 nitrogen and oxygen atoms in total. The number of morpholine rings is 1. The first-order valence-corrected chi connectivity index (χ1v) is 9.88. The van der Waals surface area contributed by atoms with Gasteiger partial charge < -0.3 is 33.4 Å². The summed E-state index contributed by atoms with van der Waals surface area (Å²) in [6, 6.07) is 4.49. The van der Waals surface area contributed by atoms with Crippen molar-refractivity contribution in [1.82, 2.24) is 4.90 Å². The molecule has 0 unspecified atom stereocenters. The van der Waals surface area contributed by atoms with E-state index in [1.54, 1.807) is 24.0 Å². The Hall–Kier alpha value is -3.20. The Kier molecular flexibility index (Phi) is 7.06. The van der Waals surface area contributed by atoms with Gasteiger partial charge in [-0.2, -0.15) is 0 Å². The van der Waals surface area contributed by atoms with Crippen LogP contribution in [0.5, 0.6) is 23.0 Å². The Morgan fingerprint density at radius 1 is 1.06 bits per heavy atom. The van der Waals surface area contributed by atoms with Gasteiger partial charge in [0.15, 0.2) is 17.3 Å². The Balaban J connectivity index is 2.14.